The molecule has 13 heteroatoms. The molecule has 5 rings (SSSR count). The highest BCUT2D eigenvalue weighted by Gasteiger charge is 2.49. The summed E-state index contributed by atoms with van der Waals surface area (Å²) in [6.07, 6.45) is -2.15. The molecule has 0 bridgehead atoms. The van der Waals surface area contributed by atoms with E-state index >= 15 is 0 Å². The maximum atomic E-state index is 14.8. The van der Waals surface area contributed by atoms with Crippen molar-refractivity contribution in [3.63, 3.8) is 0 Å². The molecule has 3 aromatic carbocycles. The molecule has 1 saturated carbocycles. The van der Waals surface area contributed by atoms with Gasteiger partial charge in [0.05, 0.1) is 23.3 Å². The molecular formula is C30H21ClF3N5O4. The number of carbonyl (C=O) groups excluding carboxylic acids is 3. The fourth-order valence-electron chi connectivity index (χ4n) is 5.09. The molecule has 0 radical (unpaired) electrons. The average Bonchev–Trinajstić information content (AvgIpc) is 3.35. The Labute approximate surface area is 248 Å². The number of benzene rings is 3. The molecule has 218 valence electrons. The Morgan fingerprint density at radius 3 is 2.44 bits per heavy atom. The summed E-state index contributed by atoms with van der Waals surface area (Å²) in [5, 5.41) is 21.4. The number of hydrogen-bond donors (Lipinski definition) is 1. The second-order valence-electron chi connectivity index (χ2n) is 10.0. The van der Waals surface area contributed by atoms with E-state index < -0.39 is 67.2 Å². The van der Waals surface area contributed by atoms with Crippen LogP contribution in [0, 0.1) is 28.5 Å². The van der Waals surface area contributed by atoms with Gasteiger partial charge in [0, 0.05) is 40.8 Å². The molecule has 2 fully saturated rings. The fraction of sp³-hybridized carbons (Fsp3) is 0.233. The number of rotatable bonds is 7. The highest BCUT2D eigenvalue weighted by Crippen LogP contribution is 2.39. The molecule has 1 aliphatic heterocycles. The summed E-state index contributed by atoms with van der Waals surface area (Å²) in [4.78, 5) is 43.1. The summed E-state index contributed by atoms with van der Waals surface area (Å²) >= 11 is 6.48. The lowest BCUT2D eigenvalue weighted by molar-refractivity contribution is -0.133. The average molecular weight is 608 g/mol. The van der Waals surface area contributed by atoms with Gasteiger partial charge in [0.2, 0.25) is 5.91 Å². The maximum Gasteiger partial charge on any atom is 0.415 e. The minimum absolute atomic E-state index is 0.0358. The number of ether oxygens (including phenoxy) is 1. The molecule has 1 saturated heterocycles. The van der Waals surface area contributed by atoms with Crippen molar-refractivity contribution in [1.29, 1.82) is 10.5 Å². The third-order valence-corrected chi connectivity index (χ3v) is 7.43. The molecule has 0 aromatic heterocycles. The van der Waals surface area contributed by atoms with Crippen LogP contribution in [0.3, 0.4) is 0 Å². The number of cyclic esters (lactones) is 1. The molecule has 2 atom stereocenters. The van der Waals surface area contributed by atoms with E-state index in [0.717, 1.165) is 21.9 Å². The van der Waals surface area contributed by atoms with Crippen LogP contribution in [0.1, 0.15) is 35.6 Å². The van der Waals surface area contributed by atoms with Crippen LogP contribution in [0.15, 0.2) is 66.7 Å². The van der Waals surface area contributed by atoms with Crippen LogP contribution in [-0.2, 0) is 14.3 Å². The zero-order valence-corrected chi connectivity index (χ0v) is 22.9. The Balaban J connectivity index is 1.65. The van der Waals surface area contributed by atoms with E-state index in [0.29, 0.717) is 0 Å². The molecule has 2 aliphatic rings. The monoisotopic (exact) mass is 607 g/mol. The first-order chi connectivity index (χ1) is 20.5. The first-order valence-corrected chi connectivity index (χ1v) is 13.3. The molecular weight excluding hydrogens is 587 g/mol. The third-order valence-electron chi connectivity index (χ3n) is 7.08. The van der Waals surface area contributed by atoms with Crippen molar-refractivity contribution >= 4 is 40.9 Å². The van der Waals surface area contributed by atoms with Gasteiger partial charge < -0.3 is 10.1 Å². The van der Waals surface area contributed by atoms with E-state index in [4.69, 9.17) is 16.3 Å². The number of nitrogens with zero attached hydrogens (tertiary/aromatic N) is 4. The highest BCUT2D eigenvalue weighted by molar-refractivity contribution is 6.31. The minimum Gasteiger partial charge on any atom is -0.446 e. The minimum atomic E-state index is -2.96. The van der Waals surface area contributed by atoms with Crippen molar-refractivity contribution in [2.45, 2.75) is 36.9 Å². The number of amides is 3. The van der Waals surface area contributed by atoms with E-state index in [1.54, 1.807) is 12.1 Å². The van der Waals surface area contributed by atoms with Gasteiger partial charge in [-0.3, -0.25) is 19.4 Å². The Morgan fingerprint density at radius 1 is 1.05 bits per heavy atom. The van der Waals surface area contributed by atoms with Crippen molar-refractivity contribution < 1.29 is 32.3 Å². The van der Waals surface area contributed by atoms with Crippen molar-refractivity contribution in [3.05, 3.63) is 94.3 Å². The Bertz CT molecular complexity index is 1700. The van der Waals surface area contributed by atoms with Gasteiger partial charge in [-0.05, 0) is 42.5 Å². The Kier molecular flexibility index (Phi) is 7.98. The van der Waals surface area contributed by atoms with Gasteiger partial charge in [-0.25, -0.2) is 18.0 Å². The van der Waals surface area contributed by atoms with Crippen LogP contribution >= 0.6 is 11.6 Å². The van der Waals surface area contributed by atoms with Crippen molar-refractivity contribution in [2.75, 3.05) is 16.4 Å². The van der Waals surface area contributed by atoms with Crippen LogP contribution in [0.4, 0.5) is 29.3 Å². The number of hydrogen-bond acceptors (Lipinski definition) is 6. The molecule has 1 unspecified atom stereocenters. The summed E-state index contributed by atoms with van der Waals surface area (Å²) in [6, 6.07) is 14.6. The SMILES string of the molecule is N#Cc1cccc(N2C(=O)OCC2C(=O)N(c2cc(F)cc(C#N)c2)[C@H](C(=O)NC2CC(F)(F)C2)c2ccccc2Cl)c1. The first kappa shape index (κ1) is 29.4. The van der Waals surface area contributed by atoms with E-state index in [9.17, 15) is 38.1 Å². The van der Waals surface area contributed by atoms with Gasteiger partial charge in [0.15, 0.2) is 6.04 Å². The molecule has 1 N–H and O–H groups in total. The van der Waals surface area contributed by atoms with Gasteiger partial charge in [0.1, 0.15) is 18.5 Å². The summed E-state index contributed by atoms with van der Waals surface area (Å²) in [6.45, 7) is -0.475. The van der Waals surface area contributed by atoms with Crippen LogP contribution in [-0.4, -0.2) is 42.5 Å². The van der Waals surface area contributed by atoms with Crippen molar-refractivity contribution in [2.24, 2.45) is 0 Å². The van der Waals surface area contributed by atoms with Crippen LogP contribution in [0.2, 0.25) is 5.02 Å². The molecule has 0 spiro atoms. The molecule has 43 heavy (non-hydrogen) atoms. The topological polar surface area (TPSA) is 127 Å². The second-order valence-corrected chi connectivity index (χ2v) is 10.4. The lowest BCUT2D eigenvalue weighted by Gasteiger charge is -2.39. The smallest absolute Gasteiger partial charge is 0.415 e. The van der Waals surface area contributed by atoms with Crippen molar-refractivity contribution in [3.8, 4) is 12.1 Å². The zero-order valence-electron chi connectivity index (χ0n) is 22.1. The number of halogens is 4. The van der Waals surface area contributed by atoms with Gasteiger partial charge in [-0.2, -0.15) is 10.5 Å². The number of anilines is 2. The summed E-state index contributed by atoms with van der Waals surface area (Å²) in [5.74, 6) is -5.69. The third kappa shape index (κ3) is 5.96. The summed E-state index contributed by atoms with van der Waals surface area (Å²) < 4.78 is 47.2. The standard InChI is InChI=1S/C30H21ClF3N5O4/c31-24-7-2-1-6-23(24)26(27(40)37-20-12-30(33,34)13-20)39(22-10-18(15-36)8-19(32)11-22)28(41)25-16-43-29(42)38(25)21-5-3-4-17(9-21)14-35/h1-11,20,25-26H,12-13,16H2,(H,37,40)/t25?,26-/m0/s1. The highest BCUT2D eigenvalue weighted by atomic mass is 35.5. The van der Waals surface area contributed by atoms with E-state index in [-0.39, 0.29) is 33.1 Å². The number of alkyl halides is 2. The van der Waals surface area contributed by atoms with Gasteiger partial charge in [-0.15, -0.1) is 0 Å². The molecule has 1 aliphatic carbocycles. The molecule has 9 nitrogen and oxygen atoms in total. The summed E-state index contributed by atoms with van der Waals surface area (Å²) in [7, 11) is 0. The quantitative estimate of drug-likeness (QED) is 0.392. The van der Waals surface area contributed by atoms with Crippen LogP contribution in [0.5, 0.6) is 0 Å². The normalized spacial score (nSPS) is 18.0. The molecule has 3 aromatic rings. The molecule has 1 heterocycles. The Morgan fingerprint density at radius 2 is 1.77 bits per heavy atom. The summed E-state index contributed by atoms with van der Waals surface area (Å²) in [5.41, 5.74) is 0.00164. The predicted molar refractivity (Wildman–Crippen MR) is 148 cm³/mol. The van der Waals surface area contributed by atoms with Gasteiger partial charge >= 0.3 is 6.09 Å². The number of carbonyl (C=O) groups is 3. The lowest BCUT2D eigenvalue weighted by Crippen LogP contribution is -2.56. The van der Waals surface area contributed by atoms with Gasteiger partial charge in [-0.1, -0.05) is 35.9 Å². The van der Waals surface area contributed by atoms with Crippen LogP contribution in [0.25, 0.3) is 0 Å². The second kappa shape index (κ2) is 11.7. The van der Waals surface area contributed by atoms with Crippen LogP contribution < -0.4 is 15.1 Å². The van der Waals surface area contributed by atoms with Crippen molar-refractivity contribution in [1.82, 2.24) is 5.32 Å². The van der Waals surface area contributed by atoms with E-state index in [2.05, 4.69) is 5.32 Å². The van der Waals surface area contributed by atoms with E-state index in [1.165, 1.54) is 48.5 Å². The van der Waals surface area contributed by atoms with Gasteiger partial charge in [0.25, 0.3) is 11.8 Å². The predicted octanol–water partition coefficient (Wildman–Crippen LogP) is 5.24. The maximum absolute atomic E-state index is 14.8. The first-order valence-electron chi connectivity index (χ1n) is 12.9. The lowest BCUT2D eigenvalue weighted by atomic mass is 9.87. The fourth-order valence-corrected chi connectivity index (χ4v) is 5.33. The van der Waals surface area contributed by atoms with E-state index in [1.807, 2.05) is 6.07 Å². The number of nitriles is 2. The zero-order chi connectivity index (χ0) is 30.9. The number of nitrogens with one attached hydrogen (secondary N) is 1. The Hall–Kier alpha value is -5.07. The largest absolute Gasteiger partial charge is 0.446 e. The molecule has 3 amide bonds.